The minimum absolute atomic E-state index is 0.0189. The Morgan fingerprint density at radius 1 is 0.526 bits per heavy atom. The SMILES string of the molecule is C/C=C(/NC(=O)[C@H](CC(C)C)NC(=O)[C@H](NC(=O)[C@H](CCN)NC(=O)[C@H](CC(C)C)NC(=O)[C@@H](Cc1ccccc1)NC(=O)[C@H](CCN)NC(=O)[C@@H](NC(=O)[C@H](CCN)NC(=O)C[C@@H](O)CCC)[C@@H](C)CC)C(C)C)C(=O)O. The zero-order chi connectivity index (χ0) is 59.2. The van der Waals surface area contributed by atoms with Gasteiger partial charge in [-0.2, -0.15) is 0 Å². The number of aliphatic carboxylic acids is 1. The van der Waals surface area contributed by atoms with Gasteiger partial charge in [-0.1, -0.05) is 112 Å². The van der Waals surface area contributed by atoms with Crippen LogP contribution in [-0.2, 0) is 54.4 Å². The quantitative estimate of drug-likeness (QED) is 0.0377. The molecule has 0 bridgehead atoms. The molecule has 0 saturated carbocycles. The van der Waals surface area contributed by atoms with Crippen molar-refractivity contribution in [3.63, 3.8) is 0 Å². The Bertz CT molecular complexity index is 2140. The first kappa shape index (κ1) is 69.5. The molecule has 0 aliphatic rings. The standard InChI is InChI=1S/C54H92N12O12/c1-11-17-35(67)29-43(68)58-37(20-23-55)47(70)66-45(33(10)12-2)53(76)61-38(21-24-56)46(69)63-42(28-34-18-15-14-16-19-34)51(74)62-40(26-30(4)5)50(73)60-39(22-25-57)48(71)65-44(32(8)9)52(75)64-41(27-31(6)7)49(72)59-36(13-3)54(77)78/h13-16,18-19,30-33,35,37-42,44-45,67H,11-12,17,20-29,55-57H2,1-10H3,(H,58,68)(H,59,72)(H,60,73)(H,61,76)(H,62,74)(H,63,69)(H,64,75)(H,65,71)(H,66,70)(H,77,78)/b36-13+/t33-,35-,37-,38-,39-,40-,41-,42+,44+,45-/m0/s1. The third-order valence-corrected chi connectivity index (χ3v) is 12.7. The summed E-state index contributed by atoms with van der Waals surface area (Å²) in [6, 6.07) is -1.29. The fraction of sp³-hybridized carbons (Fsp3) is 0.667. The van der Waals surface area contributed by atoms with Crippen molar-refractivity contribution in [2.75, 3.05) is 19.6 Å². The lowest BCUT2D eigenvalue weighted by molar-refractivity contribution is -0.137. The van der Waals surface area contributed by atoms with Crippen molar-refractivity contribution in [1.29, 1.82) is 0 Å². The minimum atomic E-state index is -1.37. The van der Waals surface area contributed by atoms with Crippen molar-refractivity contribution in [1.82, 2.24) is 47.9 Å². The summed E-state index contributed by atoms with van der Waals surface area (Å²) in [6.45, 7) is 17.2. The average molecular weight is 1100 g/mol. The van der Waals surface area contributed by atoms with Gasteiger partial charge in [-0.05, 0) is 94.3 Å². The number of carboxylic acids is 1. The van der Waals surface area contributed by atoms with Gasteiger partial charge < -0.3 is 75.3 Å². The molecule has 0 spiro atoms. The highest BCUT2D eigenvalue weighted by molar-refractivity contribution is 5.99. The molecule has 1 aromatic carbocycles. The first-order valence-corrected chi connectivity index (χ1v) is 27.2. The average Bonchev–Trinajstić information content (AvgIpc) is 3.36. The first-order chi connectivity index (χ1) is 36.8. The number of allylic oxidation sites excluding steroid dienone is 1. The van der Waals surface area contributed by atoms with Crippen molar-refractivity contribution < 1.29 is 58.2 Å². The van der Waals surface area contributed by atoms with Gasteiger partial charge in [-0.25, -0.2) is 4.79 Å². The van der Waals surface area contributed by atoms with Crippen LogP contribution in [0.25, 0.3) is 0 Å². The van der Waals surface area contributed by atoms with Gasteiger partial charge in [0, 0.05) is 6.42 Å². The maximum absolute atomic E-state index is 14.5. The van der Waals surface area contributed by atoms with Gasteiger partial charge in [-0.15, -0.1) is 0 Å². The molecule has 0 radical (unpaired) electrons. The molecular weight excluding hydrogens is 1010 g/mol. The molecule has 78 heavy (non-hydrogen) atoms. The Balaban J connectivity index is 3.49. The molecule has 0 unspecified atom stereocenters. The molecule has 1 aromatic rings. The number of amides is 9. The van der Waals surface area contributed by atoms with Crippen molar-refractivity contribution in [2.45, 2.75) is 188 Å². The predicted octanol–water partition coefficient (Wildman–Crippen LogP) is -0.396. The van der Waals surface area contributed by atoms with Crippen LogP contribution in [0, 0.1) is 23.7 Å². The summed E-state index contributed by atoms with van der Waals surface area (Å²) >= 11 is 0. The number of aliphatic hydroxyl groups is 1. The van der Waals surface area contributed by atoms with Gasteiger partial charge in [0.25, 0.3) is 0 Å². The molecule has 17 N–H and O–H groups in total. The number of rotatable bonds is 37. The summed E-state index contributed by atoms with van der Waals surface area (Å²) in [4.78, 5) is 136. The van der Waals surface area contributed by atoms with E-state index in [0.717, 1.165) is 0 Å². The molecule has 0 heterocycles. The van der Waals surface area contributed by atoms with E-state index in [4.69, 9.17) is 17.2 Å². The van der Waals surface area contributed by atoms with Crippen LogP contribution < -0.4 is 65.1 Å². The number of carboxylic acid groups (broad SMARTS) is 1. The second kappa shape index (κ2) is 36.6. The van der Waals surface area contributed by atoms with Gasteiger partial charge in [0.1, 0.15) is 54.0 Å². The maximum atomic E-state index is 14.5. The number of carbonyl (C=O) groups is 10. The van der Waals surface area contributed by atoms with Crippen molar-refractivity contribution in [3.8, 4) is 0 Å². The number of carbonyl (C=O) groups excluding carboxylic acids is 9. The fourth-order valence-corrected chi connectivity index (χ4v) is 8.23. The van der Waals surface area contributed by atoms with Crippen molar-refractivity contribution in [3.05, 3.63) is 47.7 Å². The summed E-state index contributed by atoms with van der Waals surface area (Å²) < 4.78 is 0. The molecule has 440 valence electrons. The van der Waals surface area contributed by atoms with E-state index in [1.54, 1.807) is 58.0 Å². The lowest BCUT2D eigenvalue weighted by atomic mass is 9.97. The molecular formula is C54H92N12O12. The fourth-order valence-electron chi connectivity index (χ4n) is 8.23. The second-order valence-electron chi connectivity index (χ2n) is 20.9. The molecule has 24 nitrogen and oxygen atoms in total. The molecule has 24 heteroatoms. The number of hydrogen-bond acceptors (Lipinski definition) is 14. The molecule has 9 amide bonds. The van der Waals surface area contributed by atoms with Crippen LogP contribution in [0.4, 0.5) is 0 Å². The monoisotopic (exact) mass is 1100 g/mol. The summed E-state index contributed by atoms with van der Waals surface area (Å²) in [7, 11) is 0. The van der Waals surface area contributed by atoms with Gasteiger partial charge in [-0.3, -0.25) is 43.2 Å². The number of nitrogens with one attached hydrogen (secondary N) is 9. The van der Waals surface area contributed by atoms with Gasteiger partial charge in [0.2, 0.25) is 53.2 Å². The van der Waals surface area contributed by atoms with E-state index in [1.807, 2.05) is 34.6 Å². The smallest absolute Gasteiger partial charge is 0.352 e. The molecule has 0 aliphatic heterocycles. The molecule has 1 rings (SSSR count). The summed E-state index contributed by atoms with van der Waals surface area (Å²) in [6.07, 6.45) is 1.48. The summed E-state index contributed by atoms with van der Waals surface area (Å²) in [5, 5.41) is 43.4. The lowest BCUT2D eigenvalue weighted by Gasteiger charge is -2.30. The molecule has 0 aliphatic carbocycles. The third kappa shape index (κ3) is 25.3. The molecule has 0 saturated heterocycles. The number of nitrogens with two attached hydrogens (primary N) is 3. The highest BCUT2D eigenvalue weighted by atomic mass is 16.4. The lowest BCUT2D eigenvalue weighted by Crippen LogP contribution is -2.61. The van der Waals surface area contributed by atoms with Crippen LogP contribution in [0.3, 0.4) is 0 Å². The third-order valence-electron chi connectivity index (χ3n) is 12.7. The van der Waals surface area contributed by atoms with Crippen molar-refractivity contribution in [2.24, 2.45) is 40.9 Å². The molecule has 0 fully saturated rings. The number of aliphatic hydroxyl groups excluding tert-OH is 1. The largest absolute Gasteiger partial charge is 0.477 e. The van der Waals surface area contributed by atoms with Gasteiger partial charge in [0.15, 0.2) is 0 Å². The van der Waals surface area contributed by atoms with Crippen LogP contribution in [0.1, 0.15) is 133 Å². The Labute approximate surface area is 459 Å². The molecule has 10 atom stereocenters. The Morgan fingerprint density at radius 3 is 1.40 bits per heavy atom. The normalized spacial score (nSPS) is 15.4. The first-order valence-electron chi connectivity index (χ1n) is 27.2. The Morgan fingerprint density at radius 2 is 0.936 bits per heavy atom. The van der Waals surface area contributed by atoms with E-state index >= 15 is 0 Å². The van der Waals surface area contributed by atoms with Crippen LogP contribution in [0.15, 0.2) is 42.1 Å². The van der Waals surface area contributed by atoms with Gasteiger partial charge in [0.05, 0.1) is 12.5 Å². The summed E-state index contributed by atoms with van der Waals surface area (Å²) in [5.74, 6) is -9.37. The van der Waals surface area contributed by atoms with Crippen LogP contribution >= 0.6 is 0 Å². The zero-order valence-corrected chi connectivity index (χ0v) is 47.4. The van der Waals surface area contributed by atoms with E-state index in [1.165, 1.54) is 13.0 Å². The van der Waals surface area contributed by atoms with Crippen molar-refractivity contribution >= 4 is 59.1 Å². The highest BCUT2D eigenvalue weighted by Crippen LogP contribution is 2.14. The zero-order valence-electron chi connectivity index (χ0n) is 47.4. The van der Waals surface area contributed by atoms with E-state index in [2.05, 4.69) is 47.9 Å². The van der Waals surface area contributed by atoms with Crippen LogP contribution in [0.2, 0.25) is 0 Å². The van der Waals surface area contributed by atoms with E-state index in [9.17, 15) is 58.2 Å². The highest BCUT2D eigenvalue weighted by Gasteiger charge is 2.37. The van der Waals surface area contributed by atoms with Crippen LogP contribution in [0.5, 0.6) is 0 Å². The number of hydrogen-bond donors (Lipinski definition) is 14. The van der Waals surface area contributed by atoms with E-state index in [0.29, 0.717) is 24.8 Å². The van der Waals surface area contributed by atoms with E-state index in [-0.39, 0.29) is 82.1 Å². The Kier molecular flexibility index (Phi) is 32.6. The summed E-state index contributed by atoms with van der Waals surface area (Å²) in [5.41, 5.74) is 17.9. The van der Waals surface area contributed by atoms with E-state index < -0.39 is 125 Å². The topological polar surface area (TPSA) is 397 Å². The Hall–Kier alpha value is -6.50. The second-order valence-corrected chi connectivity index (χ2v) is 20.9. The number of benzene rings is 1. The minimum Gasteiger partial charge on any atom is -0.477 e. The molecule has 0 aromatic heterocycles. The van der Waals surface area contributed by atoms with Crippen LogP contribution in [-0.4, -0.2) is 143 Å². The maximum Gasteiger partial charge on any atom is 0.352 e. The van der Waals surface area contributed by atoms with Gasteiger partial charge >= 0.3 is 5.97 Å². The predicted molar refractivity (Wildman–Crippen MR) is 295 cm³/mol.